The summed E-state index contributed by atoms with van der Waals surface area (Å²) in [6, 6.07) is 4.07. The summed E-state index contributed by atoms with van der Waals surface area (Å²) in [4.78, 5) is 11.0. The van der Waals surface area contributed by atoms with Crippen molar-refractivity contribution in [1.82, 2.24) is 5.32 Å². The van der Waals surface area contributed by atoms with Gasteiger partial charge in [-0.25, -0.2) is 4.39 Å². The maximum atomic E-state index is 13.3. The maximum absolute atomic E-state index is 13.3. The molecule has 2 atom stereocenters. The van der Waals surface area contributed by atoms with Crippen molar-refractivity contribution < 1.29 is 14.3 Å². The van der Waals surface area contributed by atoms with E-state index in [1.807, 2.05) is 0 Å². The first-order valence-electron chi connectivity index (χ1n) is 5.00. The predicted octanol–water partition coefficient (Wildman–Crippen LogP) is 2.21. The zero-order valence-electron chi connectivity index (χ0n) is 8.41. The number of carboxylic acid groups (broad SMARTS) is 1. The highest BCUT2D eigenvalue weighted by Crippen LogP contribution is 2.31. The molecular weight excluding hydrogens is 233 g/mol. The third kappa shape index (κ3) is 2.03. The number of hydrogen-bond acceptors (Lipinski definition) is 2. The van der Waals surface area contributed by atoms with Gasteiger partial charge >= 0.3 is 5.97 Å². The molecule has 0 radical (unpaired) electrons. The second-order valence-electron chi connectivity index (χ2n) is 3.84. The normalized spacial score (nSPS) is 24.6. The van der Waals surface area contributed by atoms with E-state index in [2.05, 4.69) is 5.32 Å². The number of carbonyl (C=O) groups is 1. The number of nitrogens with one attached hydrogen (secondary N) is 1. The molecule has 16 heavy (non-hydrogen) atoms. The van der Waals surface area contributed by atoms with E-state index in [0.717, 1.165) is 0 Å². The number of hydrogen-bond donors (Lipinski definition) is 2. The highest BCUT2D eigenvalue weighted by molar-refractivity contribution is 6.30. The Kier molecular flexibility index (Phi) is 3.12. The molecule has 86 valence electrons. The van der Waals surface area contributed by atoms with E-state index in [9.17, 15) is 9.18 Å². The van der Waals surface area contributed by atoms with Crippen LogP contribution in [0.1, 0.15) is 18.0 Å². The number of aliphatic carboxylic acids is 1. The van der Waals surface area contributed by atoms with Crippen molar-refractivity contribution in [3.63, 3.8) is 0 Å². The van der Waals surface area contributed by atoms with Gasteiger partial charge in [-0.2, -0.15) is 0 Å². The number of benzene rings is 1. The molecule has 0 aliphatic carbocycles. The van der Waals surface area contributed by atoms with Gasteiger partial charge in [0.1, 0.15) is 5.82 Å². The molecule has 1 saturated heterocycles. The first-order chi connectivity index (χ1) is 7.59. The Balaban J connectivity index is 2.29. The summed E-state index contributed by atoms with van der Waals surface area (Å²) in [7, 11) is 0. The Morgan fingerprint density at radius 1 is 1.56 bits per heavy atom. The monoisotopic (exact) mass is 243 g/mol. The van der Waals surface area contributed by atoms with Crippen LogP contribution < -0.4 is 5.32 Å². The number of rotatable bonds is 2. The topological polar surface area (TPSA) is 49.3 Å². The summed E-state index contributed by atoms with van der Waals surface area (Å²) < 4.78 is 13.3. The summed E-state index contributed by atoms with van der Waals surface area (Å²) in [5, 5.41) is 12.1. The van der Waals surface area contributed by atoms with Gasteiger partial charge in [-0.05, 0) is 30.7 Å². The predicted molar refractivity (Wildman–Crippen MR) is 57.9 cm³/mol. The van der Waals surface area contributed by atoms with Gasteiger partial charge in [-0.1, -0.05) is 17.7 Å². The van der Waals surface area contributed by atoms with Crippen LogP contribution in [0.2, 0.25) is 5.02 Å². The van der Waals surface area contributed by atoms with Gasteiger partial charge in [0.05, 0.1) is 10.9 Å². The van der Waals surface area contributed by atoms with Gasteiger partial charge in [0.15, 0.2) is 0 Å². The van der Waals surface area contributed by atoms with E-state index in [-0.39, 0.29) is 11.1 Å². The molecule has 2 unspecified atom stereocenters. The summed E-state index contributed by atoms with van der Waals surface area (Å²) in [5.74, 6) is -1.87. The van der Waals surface area contributed by atoms with Crippen molar-refractivity contribution in [3.05, 3.63) is 34.6 Å². The molecule has 0 spiro atoms. The maximum Gasteiger partial charge on any atom is 0.308 e. The zero-order valence-corrected chi connectivity index (χ0v) is 9.17. The molecule has 0 aromatic heterocycles. The van der Waals surface area contributed by atoms with Crippen LogP contribution in [0, 0.1) is 11.7 Å². The lowest BCUT2D eigenvalue weighted by Crippen LogP contribution is -2.23. The van der Waals surface area contributed by atoms with Crippen molar-refractivity contribution in [1.29, 1.82) is 0 Å². The summed E-state index contributed by atoms with van der Waals surface area (Å²) >= 11 is 5.57. The summed E-state index contributed by atoms with van der Waals surface area (Å²) in [6.45, 7) is 0.631. The molecule has 2 N–H and O–H groups in total. The van der Waals surface area contributed by atoms with Crippen molar-refractivity contribution in [2.24, 2.45) is 5.92 Å². The average Bonchev–Trinajstić information content (AvgIpc) is 2.71. The minimum absolute atomic E-state index is 0.0496. The molecule has 1 fully saturated rings. The Morgan fingerprint density at radius 2 is 2.31 bits per heavy atom. The van der Waals surface area contributed by atoms with Crippen LogP contribution in [0.15, 0.2) is 18.2 Å². The number of halogens is 2. The average molecular weight is 244 g/mol. The van der Waals surface area contributed by atoms with Crippen LogP contribution in [-0.4, -0.2) is 17.6 Å². The van der Waals surface area contributed by atoms with Crippen LogP contribution in [0.5, 0.6) is 0 Å². The standard InChI is InChI=1S/C11H11ClFNO2/c12-8-2-1-6(5-9(8)13)10-7(11(15)16)3-4-14-10/h1-2,5,7,10,14H,3-4H2,(H,15,16). The van der Waals surface area contributed by atoms with Gasteiger partial charge in [0.25, 0.3) is 0 Å². The van der Waals surface area contributed by atoms with Crippen molar-refractivity contribution in [2.45, 2.75) is 12.5 Å². The molecule has 1 aromatic carbocycles. The van der Waals surface area contributed by atoms with E-state index in [4.69, 9.17) is 16.7 Å². The highest BCUT2D eigenvalue weighted by Gasteiger charge is 2.33. The SMILES string of the molecule is O=C(O)C1CCNC1c1ccc(Cl)c(F)c1. The van der Waals surface area contributed by atoms with Crippen LogP contribution in [0.4, 0.5) is 4.39 Å². The molecule has 1 aliphatic rings. The van der Waals surface area contributed by atoms with E-state index in [1.54, 1.807) is 6.07 Å². The molecule has 0 amide bonds. The fourth-order valence-electron chi connectivity index (χ4n) is 2.03. The minimum atomic E-state index is -0.856. The minimum Gasteiger partial charge on any atom is -0.481 e. The second-order valence-corrected chi connectivity index (χ2v) is 4.25. The Hall–Kier alpha value is -1.13. The lowest BCUT2D eigenvalue weighted by atomic mass is 9.94. The Bertz CT molecular complexity index is 424. The third-order valence-corrected chi connectivity index (χ3v) is 3.15. The molecule has 1 aliphatic heterocycles. The van der Waals surface area contributed by atoms with Gasteiger partial charge in [0, 0.05) is 6.04 Å². The lowest BCUT2D eigenvalue weighted by Gasteiger charge is -2.16. The van der Waals surface area contributed by atoms with Gasteiger partial charge in [0.2, 0.25) is 0 Å². The van der Waals surface area contributed by atoms with Gasteiger partial charge < -0.3 is 10.4 Å². The Labute approximate surface area is 97.2 Å². The van der Waals surface area contributed by atoms with E-state index < -0.39 is 17.7 Å². The largest absolute Gasteiger partial charge is 0.481 e. The lowest BCUT2D eigenvalue weighted by molar-refractivity contribution is -0.142. The highest BCUT2D eigenvalue weighted by atomic mass is 35.5. The Morgan fingerprint density at radius 3 is 2.94 bits per heavy atom. The van der Waals surface area contributed by atoms with Crippen LogP contribution in [0.3, 0.4) is 0 Å². The third-order valence-electron chi connectivity index (χ3n) is 2.84. The number of carboxylic acids is 1. The van der Waals surface area contributed by atoms with Crippen molar-refractivity contribution in [3.8, 4) is 0 Å². The van der Waals surface area contributed by atoms with Gasteiger partial charge in [-0.3, -0.25) is 4.79 Å². The van der Waals surface area contributed by atoms with Crippen LogP contribution in [0.25, 0.3) is 0 Å². The van der Waals surface area contributed by atoms with Crippen molar-refractivity contribution in [2.75, 3.05) is 6.54 Å². The quantitative estimate of drug-likeness (QED) is 0.837. The fourth-order valence-corrected chi connectivity index (χ4v) is 2.14. The van der Waals surface area contributed by atoms with Gasteiger partial charge in [-0.15, -0.1) is 0 Å². The summed E-state index contributed by atoms with van der Waals surface area (Å²) in [5.41, 5.74) is 0.631. The first kappa shape index (κ1) is 11.4. The smallest absolute Gasteiger partial charge is 0.308 e. The molecule has 2 rings (SSSR count). The van der Waals surface area contributed by atoms with E-state index in [0.29, 0.717) is 18.5 Å². The second kappa shape index (κ2) is 4.39. The molecule has 3 nitrogen and oxygen atoms in total. The van der Waals surface area contributed by atoms with E-state index in [1.165, 1.54) is 12.1 Å². The first-order valence-corrected chi connectivity index (χ1v) is 5.38. The molecule has 1 aromatic rings. The fraction of sp³-hybridized carbons (Fsp3) is 0.364. The van der Waals surface area contributed by atoms with E-state index >= 15 is 0 Å². The zero-order chi connectivity index (χ0) is 11.7. The summed E-state index contributed by atoms with van der Waals surface area (Å²) in [6.07, 6.45) is 0.560. The molecule has 0 bridgehead atoms. The molecule has 1 heterocycles. The van der Waals surface area contributed by atoms with Crippen LogP contribution >= 0.6 is 11.6 Å². The molecule has 5 heteroatoms. The van der Waals surface area contributed by atoms with Crippen LogP contribution in [-0.2, 0) is 4.79 Å². The van der Waals surface area contributed by atoms with Crippen molar-refractivity contribution >= 4 is 17.6 Å². The molecule has 0 saturated carbocycles. The molecular formula is C11H11ClFNO2.